The zero-order valence-electron chi connectivity index (χ0n) is 11.8. The van der Waals surface area contributed by atoms with Gasteiger partial charge in [-0.2, -0.15) is 12.7 Å². The maximum Gasteiger partial charge on any atom is 0.308 e. The first-order valence-electron chi connectivity index (χ1n) is 7.09. The van der Waals surface area contributed by atoms with Crippen molar-refractivity contribution < 1.29 is 17.9 Å². The second kappa shape index (κ2) is 6.84. The molecule has 0 aromatic carbocycles. The first-order chi connectivity index (χ1) is 9.53. The monoisotopic (exact) mass is 305 g/mol. The molecule has 0 atom stereocenters. The van der Waals surface area contributed by atoms with Gasteiger partial charge < -0.3 is 10.1 Å². The maximum atomic E-state index is 12.1. The van der Waals surface area contributed by atoms with E-state index in [1.807, 2.05) is 0 Å². The molecule has 1 saturated heterocycles. The third kappa shape index (κ3) is 4.41. The van der Waals surface area contributed by atoms with Gasteiger partial charge in [0.25, 0.3) is 10.2 Å². The highest BCUT2D eigenvalue weighted by molar-refractivity contribution is 7.87. The van der Waals surface area contributed by atoms with Crippen LogP contribution in [0.2, 0.25) is 0 Å². The van der Waals surface area contributed by atoms with E-state index in [-0.39, 0.29) is 11.9 Å². The molecule has 0 aromatic heterocycles. The van der Waals surface area contributed by atoms with Crippen molar-refractivity contribution >= 4 is 16.2 Å². The van der Waals surface area contributed by atoms with Gasteiger partial charge >= 0.3 is 5.97 Å². The fourth-order valence-corrected chi connectivity index (χ4v) is 3.57. The SMILES string of the molecule is COC(=O)C1CCN(S(=O)(=O)NCCNC2CC2)CC1. The van der Waals surface area contributed by atoms with Gasteiger partial charge in [-0.1, -0.05) is 0 Å². The van der Waals surface area contributed by atoms with Gasteiger partial charge in [-0.25, -0.2) is 4.72 Å². The number of hydrogen-bond donors (Lipinski definition) is 2. The number of ether oxygens (including phenoxy) is 1. The van der Waals surface area contributed by atoms with Gasteiger partial charge in [-0.05, 0) is 25.7 Å². The lowest BCUT2D eigenvalue weighted by Crippen LogP contribution is -2.47. The van der Waals surface area contributed by atoms with Crippen molar-refractivity contribution in [2.75, 3.05) is 33.3 Å². The van der Waals surface area contributed by atoms with Crippen LogP contribution in [0, 0.1) is 5.92 Å². The number of nitrogens with one attached hydrogen (secondary N) is 2. The third-order valence-electron chi connectivity index (χ3n) is 3.75. The summed E-state index contributed by atoms with van der Waals surface area (Å²) in [5.74, 6) is -0.424. The largest absolute Gasteiger partial charge is 0.469 e. The molecule has 8 heteroatoms. The molecule has 0 bridgehead atoms. The van der Waals surface area contributed by atoms with Crippen molar-refractivity contribution in [1.29, 1.82) is 0 Å². The van der Waals surface area contributed by atoms with Gasteiger partial charge in [-0.3, -0.25) is 4.79 Å². The van der Waals surface area contributed by atoms with E-state index in [4.69, 9.17) is 0 Å². The van der Waals surface area contributed by atoms with Gasteiger partial charge in [0.15, 0.2) is 0 Å². The van der Waals surface area contributed by atoms with E-state index < -0.39 is 10.2 Å². The van der Waals surface area contributed by atoms with Gasteiger partial charge in [0, 0.05) is 32.2 Å². The Morgan fingerprint density at radius 3 is 2.40 bits per heavy atom. The van der Waals surface area contributed by atoms with E-state index >= 15 is 0 Å². The molecule has 0 radical (unpaired) electrons. The molecule has 1 heterocycles. The third-order valence-corrected chi connectivity index (χ3v) is 5.36. The first-order valence-corrected chi connectivity index (χ1v) is 8.53. The summed E-state index contributed by atoms with van der Waals surface area (Å²) in [5, 5.41) is 3.26. The molecule has 0 spiro atoms. The summed E-state index contributed by atoms with van der Waals surface area (Å²) in [7, 11) is -2.06. The Balaban J connectivity index is 1.71. The average Bonchev–Trinajstić information content (AvgIpc) is 3.27. The van der Waals surface area contributed by atoms with Crippen molar-refractivity contribution in [3.05, 3.63) is 0 Å². The van der Waals surface area contributed by atoms with Crippen LogP contribution in [0.4, 0.5) is 0 Å². The second-order valence-electron chi connectivity index (χ2n) is 5.32. The summed E-state index contributed by atoms with van der Waals surface area (Å²) in [5.41, 5.74) is 0. The number of piperidine rings is 1. The fraction of sp³-hybridized carbons (Fsp3) is 0.917. The lowest BCUT2D eigenvalue weighted by molar-refractivity contribution is -0.146. The van der Waals surface area contributed by atoms with E-state index in [0.717, 1.165) is 0 Å². The Kier molecular flexibility index (Phi) is 5.36. The number of methoxy groups -OCH3 is 1. The van der Waals surface area contributed by atoms with Gasteiger partial charge in [0.05, 0.1) is 13.0 Å². The smallest absolute Gasteiger partial charge is 0.308 e. The standard InChI is InChI=1S/C12H23N3O4S/c1-19-12(16)10-4-8-15(9-5-10)20(17,18)14-7-6-13-11-2-3-11/h10-11,13-14H,2-9H2,1H3. The van der Waals surface area contributed by atoms with Crippen LogP contribution >= 0.6 is 0 Å². The Hall–Kier alpha value is -0.700. The van der Waals surface area contributed by atoms with Crippen LogP contribution < -0.4 is 10.0 Å². The van der Waals surface area contributed by atoms with Crippen LogP contribution in [0.25, 0.3) is 0 Å². The molecule has 0 amide bonds. The summed E-state index contributed by atoms with van der Waals surface area (Å²) < 4.78 is 32.8. The Morgan fingerprint density at radius 2 is 1.85 bits per heavy atom. The molecular weight excluding hydrogens is 282 g/mol. The first kappa shape index (κ1) is 15.7. The molecule has 20 heavy (non-hydrogen) atoms. The predicted octanol–water partition coefficient (Wildman–Crippen LogP) is -0.542. The highest BCUT2D eigenvalue weighted by Gasteiger charge is 2.31. The molecule has 1 aliphatic carbocycles. The Labute approximate surface area is 120 Å². The quantitative estimate of drug-likeness (QED) is 0.487. The van der Waals surface area contributed by atoms with Crippen molar-refractivity contribution in [3.63, 3.8) is 0 Å². The predicted molar refractivity (Wildman–Crippen MR) is 74.3 cm³/mol. The Bertz CT molecular complexity index is 428. The number of esters is 1. The molecular formula is C12H23N3O4S. The summed E-state index contributed by atoms with van der Waals surface area (Å²) in [6.07, 6.45) is 3.42. The topological polar surface area (TPSA) is 87.7 Å². The van der Waals surface area contributed by atoms with Crippen molar-refractivity contribution in [3.8, 4) is 0 Å². The average molecular weight is 305 g/mol. The zero-order valence-corrected chi connectivity index (χ0v) is 12.6. The van der Waals surface area contributed by atoms with Gasteiger partial charge in [0.2, 0.25) is 0 Å². The Morgan fingerprint density at radius 1 is 1.20 bits per heavy atom. The highest BCUT2D eigenvalue weighted by Crippen LogP contribution is 2.20. The van der Waals surface area contributed by atoms with Crippen molar-refractivity contribution in [1.82, 2.24) is 14.3 Å². The normalized spacial score (nSPS) is 21.9. The van der Waals surface area contributed by atoms with E-state index in [9.17, 15) is 13.2 Å². The fourth-order valence-electron chi connectivity index (χ4n) is 2.33. The maximum absolute atomic E-state index is 12.1. The van der Waals surface area contributed by atoms with Crippen LogP contribution in [0.1, 0.15) is 25.7 Å². The molecule has 2 N–H and O–H groups in total. The molecule has 1 saturated carbocycles. The van der Waals surface area contributed by atoms with E-state index in [1.54, 1.807) is 0 Å². The van der Waals surface area contributed by atoms with E-state index in [2.05, 4.69) is 14.8 Å². The van der Waals surface area contributed by atoms with Gasteiger partial charge in [-0.15, -0.1) is 0 Å². The van der Waals surface area contributed by atoms with Crippen LogP contribution in [0.15, 0.2) is 0 Å². The molecule has 2 aliphatic rings. The van der Waals surface area contributed by atoms with Crippen molar-refractivity contribution in [2.24, 2.45) is 5.92 Å². The number of carbonyl (C=O) groups excluding carboxylic acids is 1. The minimum Gasteiger partial charge on any atom is -0.469 e. The number of rotatable bonds is 7. The number of carbonyl (C=O) groups is 1. The van der Waals surface area contributed by atoms with Crippen LogP contribution in [-0.4, -0.2) is 58.0 Å². The molecule has 116 valence electrons. The summed E-state index contributed by atoms with van der Waals surface area (Å²) >= 11 is 0. The lowest BCUT2D eigenvalue weighted by Gasteiger charge is -2.29. The zero-order chi connectivity index (χ0) is 14.6. The molecule has 2 rings (SSSR count). The van der Waals surface area contributed by atoms with E-state index in [1.165, 1.54) is 24.3 Å². The lowest BCUT2D eigenvalue weighted by atomic mass is 9.99. The molecule has 0 aromatic rings. The minimum absolute atomic E-state index is 0.178. The molecule has 2 fully saturated rings. The van der Waals surface area contributed by atoms with E-state index in [0.29, 0.717) is 45.1 Å². The minimum atomic E-state index is -3.43. The van der Waals surface area contributed by atoms with Crippen LogP contribution in [0.5, 0.6) is 0 Å². The second-order valence-corrected chi connectivity index (χ2v) is 7.08. The molecule has 1 aliphatic heterocycles. The van der Waals surface area contributed by atoms with Crippen LogP contribution in [-0.2, 0) is 19.7 Å². The number of hydrogen-bond acceptors (Lipinski definition) is 5. The van der Waals surface area contributed by atoms with Crippen LogP contribution in [0.3, 0.4) is 0 Å². The number of nitrogens with zero attached hydrogens (tertiary/aromatic N) is 1. The molecule has 7 nitrogen and oxygen atoms in total. The summed E-state index contributed by atoms with van der Waals surface area (Å²) in [4.78, 5) is 11.4. The van der Waals surface area contributed by atoms with Gasteiger partial charge in [0.1, 0.15) is 0 Å². The molecule has 0 unspecified atom stereocenters. The summed E-state index contributed by atoms with van der Waals surface area (Å²) in [6.45, 7) is 1.79. The highest BCUT2D eigenvalue weighted by atomic mass is 32.2. The summed E-state index contributed by atoms with van der Waals surface area (Å²) in [6, 6.07) is 0.579. The van der Waals surface area contributed by atoms with Crippen molar-refractivity contribution in [2.45, 2.75) is 31.7 Å².